The Balaban J connectivity index is 2.45. The molecule has 96 valence electrons. The normalized spacial score (nSPS) is 10.2. The summed E-state index contributed by atoms with van der Waals surface area (Å²) < 4.78 is 13.7. The smallest absolute Gasteiger partial charge is 0.252 e. The molecular formula is C12H11BFN3O2. The van der Waals surface area contributed by atoms with E-state index in [4.69, 9.17) is 5.73 Å². The van der Waals surface area contributed by atoms with E-state index in [9.17, 15) is 14.0 Å². The summed E-state index contributed by atoms with van der Waals surface area (Å²) in [5.41, 5.74) is 5.76. The third-order valence-electron chi connectivity index (χ3n) is 2.57. The van der Waals surface area contributed by atoms with E-state index in [1.807, 2.05) is 0 Å². The maximum absolute atomic E-state index is 13.7. The van der Waals surface area contributed by atoms with Crippen LogP contribution in [0.4, 0.5) is 15.9 Å². The van der Waals surface area contributed by atoms with Gasteiger partial charge < -0.3 is 16.0 Å². The highest BCUT2D eigenvalue weighted by atomic mass is 19.1. The van der Waals surface area contributed by atoms with Crippen LogP contribution < -0.4 is 22.1 Å². The highest BCUT2D eigenvalue weighted by Gasteiger charge is 2.11. The molecule has 0 unspecified atom stereocenters. The van der Waals surface area contributed by atoms with Gasteiger partial charge in [0.25, 0.3) is 5.91 Å². The quantitative estimate of drug-likeness (QED) is 0.656. The van der Waals surface area contributed by atoms with Gasteiger partial charge in [-0.3, -0.25) is 9.59 Å². The van der Waals surface area contributed by atoms with Crippen LogP contribution in [0.2, 0.25) is 0 Å². The summed E-state index contributed by atoms with van der Waals surface area (Å²) >= 11 is 0. The van der Waals surface area contributed by atoms with Crippen molar-refractivity contribution in [2.45, 2.75) is 0 Å². The van der Waals surface area contributed by atoms with Crippen molar-refractivity contribution >= 4 is 30.7 Å². The van der Waals surface area contributed by atoms with Crippen molar-refractivity contribution in [2.75, 3.05) is 5.32 Å². The number of carbonyl (C=O) groups is 1. The number of amides is 1. The number of primary amides is 1. The van der Waals surface area contributed by atoms with Crippen LogP contribution >= 0.6 is 0 Å². The van der Waals surface area contributed by atoms with Gasteiger partial charge in [-0.25, -0.2) is 4.39 Å². The van der Waals surface area contributed by atoms with E-state index in [0.717, 1.165) is 5.46 Å². The van der Waals surface area contributed by atoms with Crippen LogP contribution in [0.3, 0.4) is 0 Å². The third-order valence-corrected chi connectivity index (χ3v) is 2.57. The maximum Gasteiger partial charge on any atom is 0.252 e. The number of nitrogens with one attached hydrogen (secondary N) is 2. The zero-order chi connectivity index (χ0) is 14.0. The number of anilines is 2. The number of hydrogen-bond acceptors (Lipinski definition) is 3. The Morgan fingerprint density at radius 3 is 2.68 bits per heavy atom. The third kappa shape index (κ3) is 2.82. The average molecular weight is 259 g/mol. The van der Waals surface area contributed by atoms with Crippen LogP contribution in [0.1, 0.15) is 10.4 Å². The molecule has 1 amide bonds. The fourth-order valence-corrected chi connectivity index (χ4v) is 1.63. The molecule has 0 aliphatic rings. The van der Waals surface area contributed by atoms with Gasteiger partial charge in [-0.1, -0.05) is 11.5 Å². The number of aromatic nitrogens is 1. The van der Waals surface area contributed by atoms with E-state index in [1.165, 1.54) is 24.3 Å². The van der Waals surface area contributed by atoms with Crippen LogP contribution in [-0.4, -0.2) is 18.7 Å². The van der Waals surface area contributed by atoms with Gasteiger partial charge in [0.1, 0.15) is 19.5 Å². The molecule has 19 heavy (non-hydrogen) atoms. The van der Waals surface area contributed by atoms with Gasteiger partial charge in [-0.15, -0.1) is 0 Å². The van der Waals surface area contributed by atoms with E-state index >= 15 is 0 Å². The average Bonchev–Trinajstić information content (AvgIpc) is 2.32. The molecule has 0 bridgehead atoms. The molecule has 0 saturated carbocycles. The summed E-state index contributed by atoms with van der Waals surface area (Å²) in [5, 5.41) is 2.66. The Morgan fingerprint density at radius 2 is 2.05 bits per heavy atom. The molecule has 0 aliphatic heterocycles. The molecule has 1 aromatic heterocycles. The molecule has 0 fully saturated rings. The summed E-state index contributed by atoms with van der Waals surface area (Å²) in [6.07, 6.45) is 0. The lowest BCUT2D eigenvalue weighted by atomic mass is 9.96. The standard InChI is InChI=1S/C12H11BFN3O2/c13-6-1-3-9(8(14)5-6)16-12-7(11(15)19)2-4-10(18)17-12/h1-5H,13H2,(H2,15,19)(H2,16,17,18). The zero-order valence-corrected chi connectivity index (χ0v) is 10.2. The lowest BCUT2D eigenvalue weighted by Crippen LogP contribution is -2.18. The maximum atomic E-state index is 13.7. The molecule has 2 rings (SSSR count). The van der Waals surface area contributed by atoms with Crippen molar-refractivity contribution in [3.05, 3.63) is 52.1 Å². The predicted molar refractivity (Wildman–Crippen MR) is 73.4 cm³/mol. The molecular weight excluding hydrogens is 248 g/mol. The monoisotopic (exact) mass is 259 g/mol. The topological polar surface area (TPSA) is 88.0 Å². The van der Waals surface area contributed by atoms with E-state index in [-0.39, 0.29) is 17.1 Å². The summed E-state index contributed by atoms with van der Waals surface area (Å²) in [7, 11) is 1.76. The fraction of sp³-hybridized carbons (Fsp3) is 0. The minimum absolute atomic E-state index is 0.0720. The molecule has 2 aromatic rings. The second-order valence-corrected chi connectivity index (χ2v) is 4.08. The number of aromatic amines is 1. The molecule has 0 spiro atoms. The zero-order valence-electron chi connectivity index (χ0n) is 10.2. The van der Waals surface area contributed by atoms with Crippen molar-refractivity contribution in [3.63, 3.8) is 0 Å². The highest BCUT2D eigenvalue weighted by Crippen LogP contribution is 2.19. The van der Waals surface area contributed by atoms with Crippen molar-refractivity contribution in [3.8, 4) is 0 Å². The number of benzene rings is 1. The lowest BCUT2D eigenvalue weighted by Gasteiger charge is -2.10. The minimum Gasteiger partial charge on any atom is -0.365 e. The molecule has 0 radical (unpaired) electrons. The molecule has 0 saturated heterocycles. The van der Waals surface area contributed by atoms with Crippen molar-refractivity contribution < 1.29 is 9.18 Å². The summed E-state index contributed by atoms with van der Waals surface area (Å²) in [5.74, 6) is -1.13. The van der Waals surface area contributed by atoms with Crippen LogP contribution in [-0.2, 0) is 0 Å². The van der Waals surface area contributed by atoms with Crippen LogP contribution in [0, 0.1) is 5.82 Å². The van der Waals surface area contributed by atoms with Crippen molar-refractivity contribution in [1.29, 1.82) is 0 Å². The Morgan fingerprint density at radius 1 is 1.32 bits per heavy atom. The molecule has 0 atom stereocenters. The van der Waals surface area contributed by atoms with Crippen LogP contribution in [0.15, 0.2) is 35.1 Å². The second kappa shape index (κ2) is 4.97. The molecule has 0 aliphatic carbocycles. The Kier molecular flexibility index (Phi) is 3.37. The first-order valence-corrected chi connectivity index (χ1v) is 5.53. The van der Waals surface area contributed by atoms with E-state index in [1.54, 1.807) is 13.9 Å². The van der Waals surface area contributed by atoms with E-state index in [0.29, 0.717) is 0 Å². The van der Waals surface area contributed by atoms with Gasteiger partial charge in [-0.05, 0) is 18.2 Å². The van der Waals surface area contributed by atoms with Gasteiger partial charge in [0.2, 0.25) is 5.56 Å². The molecule has 1 aromatic carbocycles. The van der Waals surface area contributed by atoms with Gasteiger partial charge in [0, 0.05) is 6.07 Å². The first-order chi connectivity index (χ1) is 8.97. The predicted octanol–water partition coefficient (Wildman–Crippen LogP) is -0.385. The summed E-state index contributed by atoms with van der Waals surface area (Å²) in [4.78, 5) is 24.9. The van der Waals surface area contributed by atoms with Gasteiger partial charge in [-0.2, -0.15) is 0 Å². The first-order valence-electron chi connectivity index (χ1n) is 5.53. The summed E-state index contributed by atoms with van der Waals surface area (Å²) in [6, 6.07) is 7.02. The van der Waals surface area contributed by atoms with E-state index < -0.39 is 17.3 Å². The van der Waals surface area contributed by atoms with Crippen molar-refractivity contribution in [1.82, 2.24) is 4.98 Å². The van der Waals surface area contributed by atoms with Crippen molar-refractivity contribution in [2.24, 2.45) is 5.73 Å². The number of hydrogen-bond donors (Lipinski definition) is 3. The lowest BCUT2D eigenvalue weighted by molar-refractivity contribution is 0.100. The Bertz CT molecular complexity index is 700. The molecule has 7 heteroatoms. The SMILES string of the molecule is Bc1ccc(Nc2[nH]c(=O)ccc2C(N)=O)c(F)c1. The molecule has 5 nitrogen and oxygen atoms in total. The Hall–Kier alpha value is -2.57. The van der Waals surface area contributed by atoms with Gasteiger partial charge in [0.05, 0.1) is 11.3 Å². The number of halogens is 1. The largest absolute Gasteiger partial charge is 0.365 e. The van der Waals surface area contributed by atoms with Gasteiger partial charge in [0.15, 0.2) is 0 Å². The minimum atomic E-state index is -0.716. The molecule has 1 heterocycles. The van der Waals surface area contributed by atoms with Crippen LogP contribution in [0.5, 0.6) is 0 Å². The second-order valence-electron chi connectivity index (χ2n) is 4.08. The van der Waals surface area contributed by atoms with Gasteiger partial charge >= 0.3 is 0 Å². The number of pyridine rings is 1. The Labute approximate surface area is 109 Å². The van der Waals surface area contributed by atoms with Crippen LogP contribution in [0.25, 0.3) is 0 Å². The summed E-state index contributed by atoms with van der Waals surface area (Å²) in [6.45, 7) is 0. The number of carbonyl (C=O) groups excluding carboxylic acids is 1. The number of nitrogens with two attached hydrogens (primary N) is 1. The number of rotatable bonds is 3. The highest BCUT2D eigenvalue weighted by molar-refractivity contribution is 6.32. The number of H-pyrrole nitrogens is 1. The first kappa shape index (κ1) is 12.9. The molecule has 4 N–H and O–H groups in total. The fourth-order valence-electron chi connectivity index (χ4n) is 1.63. The van der Waals surface area contributed by atoms with E-state index in [2.05, 4.69) is 10.3 Å².